The van der Waals surface area contributed by atoms with Gasteiger partial charge in [-0.15, -0.1) is 0 Å². The normalized spacial score (nSPS) is 9.30. The van der Waals surface area contributed by atoms with E-state index in [4.69, 9.17) is 10.5 Å². The van der Waals surface area contributed by atoms with Crippen LogP contribution in [0.2, 0.25) is 0 Å². The molecule has 54 valence electrons. The first-order valence-corrected chi connectivity index (χ1v) is 2.63. The van der Waals surface area contributed by atoms with E-state index in [9.17, 15) is 4.79 Å². The maximum atomic E-state index is 10.5. The standard InChI is InChI=1S/C5H7N3O2/c1-10-5-3(4(6)9)2-7-8-5/h2H,1H3,(H2,6,9)(H,7,8). The van der Waals surface area contributed by atoms with E-state index in [1.54, 1.807) is 0 Å². The number of nitrogens with zero attached hydrogens (tertiary/aromatic N) is 1. The van der Waals surface area contributed by atoms with Gasteiger partial charge in [0.15, 0.2) is 0 Å². The number of primary amides is 1. The van der Waals surface area contributed by atoms with Crippen LogP contribution in [0.4, 0.5) is 0 Å². The van der Waals surface area contributed by atoms with Crippen molar-refractivity contribution < 1.29 is 9.53 Å². The molecule has 1 aromatic rings. The van der Waals surface area contributed by atoms with Crippen LogP contribution in [0.15, 0.2) is 6.20 Å². The highest BCUT2D eigenvalue weighted by atomic mass is 16.5. The Morgan fingerprint density at radius 1 is 1.90 bits per heavy atom. The molecule has 0 radical (unpaired) electrons. The molecule has 0 saturated carbocycles. The lowest BCUT2D eigenvalue weighted by Gasteiger charge is -1.94. The summed E-state index contributed by atoms with van der Waals surface area (Å²) in [5.74, 6) is -0.252. The molecule has 1 rings (SSSR count). The van der Waals surface area contributed by atoms with Crippen molar-refractivity contribution in [3.8, 4) is 5.88 Å². The van der Waals surface area contributed by atoms with Gasteiger partial charge in [-0.3, -0.25) is 4.79 Å². The van der Waals surface area contributed by atoms with Crippen molar-refractivity contribution in [1.29, 1.82) is 0 Å². The molecule has 0 aliphatic carbocycles. The number of aromatic amines is 1. The van der Waals surface area contributed by atoms with Crippen LogP contribution in [-0.4, -0.2) is 23.2 Å². The molecule has 0 atom stereocenters. The SMILES string of the molecule is COc1[nH]ncc1C(N)=O. The summed E-state index contributed by atoms with van der Waals surface area (Å²) in [5, 5.41) is 6.03. The average molecular weight is 141 g/mol. The van der Waals surface area contributed by atoms with E-state index in [2.05, 4.69) is 10.2 Å². The number of hydrogen-bond acceptors (Lipinski definition) is 3. The van der Waals surface area contributed by atoms with Gasteiger partial charge in [0.25, 0.3) is 5.91 Å². The fraction of sp³-hybridized carbons (Fsp3) is 0.200. The van der Waals surface area contributed by atoms with Gasteiger partial charge in [0.05, 0.1) is 13.3 Å². The molecule has 0 saturated heterocycles. The van der Waals surface area contributed by atoms with Gasteiger partial charge in [-0.25, -0.2) is 5.10 Å². The van der Waals surface area contributed by atoms with E-state index in [0.717, 1.165) is 0 Å². The van der Waals surface area contributed by atoms with Gasteiger partial charge in [-0.05, 0) is 0 Å². The van der Waals surface area contributed by atoms with Gasteiger partial charge < -0.3 is 10.5 Å². The van der Waals surface area contributed by atoms with E-state index in [1.165, 1.54) is 13.3 Å². The number of H-pyrrole nitrogens is 1. The summed E-state index contributed by atoms with van der Waals surface area (Å²) in [7, 11) is 1.43. The largest absolute Gasteiger partial charge is 0.481 e. The molecule has 0 aliphatic rings. The third kappa shape index (κ3) is 0.928. The zero-order valence-corrected chi connectivity index (χ0v) is 5.42. The second-order valence-corrected chi connectivity index (χ2v) is 1.68. The Hall–Kier alpha value is -1.52. The summed E-state index contributed by atoms with van der Waals surface area (Å²) in [6.07, 6.45) is 1.32. The smallest absolute Gasteiger partial charge is 0.255 e. The third-order valence-electron chi connectivity index (χ3n) is 1.07. The average Bonchev–Trinajstić information content (AvgIpc) is 2.33. The number of rotatable bonds is 2. The van der Waals surface area contributed by atoms with Crippen molar-refractivity contribution in [2.45, 2.75) is 0 Å². The minimum absolute atomic E-state index is 0.266. The summed E-state index contributed by atoms with van der Waals surface area (Å²) in [6.45, 7) is 0. The third-order valence-corrected chi connectivity index (χ3v) is 1.07. The zero-order chi connectivity index (χ0) is 7.56. The van der Waals surface area contributed by atoms with Crippen molar-refractivity contribution in [3.05, 3.63) is 11.8 Å². The molecule has 0 fully saturated rings. The van der Waals surface area contributed by atoms with Gasteiger partial charge in [-0.1, -0.05) is 0 Å². The topological polar surface area (TPSA) is 81.0 Å². The Morgan fingerprint density at radius 3 is 3.00 bits per heavy atom. The first-order chi connectivity index (χ1) is 4.75. The number of methoxy groups -OCH3 is 1. The second-order valence-electron chi connectivity index (χ2n) is 1.68. The highest BCUT2D eigenvalue weighted by Gasteiger charge is 2.09. The lowest BCUT2D eigenvalue weighted by molar-refractivity contribution is 0.0997. The molecule has 0 unspecified atom stereocenters. The molecule has 0 bridgehead atoms. The van der Waals surface area contributed by atoms with E-state index in [0.29, 0.717) is 5.88 Å². The van der Waals surface area contributed by atoms with Crippen LogP contribution in [0, 0.1) is 0 Å². The van der Waals surface area contributed by atoms with E-state index >= 15 is 0 Å². The number of amides is 1. The summed E-state index contributed by atoms with van der Waals surface area (Å²) in [4.78, 5) is 10.5. The van der Waals surface area contributed by atoms with Crippen LogP contribution in [0.5, 0.6) is 5.88 Å². The summed E-state index contributed by atoms with van der Waals surface area (Å²) in [6, 6.07) is 0. The highest BCUT2D eigenvalue weighted by Crippen LogP contribution is 2.10. The fourth-order valence-electron chi connectivity index (χ4n) is 0.605. The summed E-state index contributed by atoms with van der Waals surface area (Å²) >= 11 is 0. The number of nitrogens with one attached hydrogen (secondary N) is 1. The molecule has 0 aromatic carbocycles. The maximum absolute atomic E-state index is 10.5. The predicted molar refractivity (Wildman–Crippen MR) is 33.7 cm³/mol. The molecule has 10 heavy (non-hydrogen) atoms. The van der Waals surface area contributed by atoms with Crippen LogP contribution in [-0.2, 0) is 0 Å². The van der Waals surface area contributed by atoms with Crippen LogP contribution >= 0.6 is 0 Å². The number of carbonyl (C=O) groups excluding carboxylic acids is 1. The van der Waals surface area contributed by atoms with Gasteiger partial charge in [0.1, 0.15) is 5.56 Å². The van der Waals surface area contributed by atoms with Crippen molar-refractivity contribution >= 4 is 5.91 Å². The quantitative estimate of drug-likeness (QED) is 0.583. The van der Waals surface area contributed by atoms with Crippen LogP contribution in [0.1, 0.15) is 10.4 Å². The molecule has 0 spiro atoms. The molecule has 3 N–H and O–H groups in total. The monoisotopic (exact) mass is 141 g/mol. The number of hydrogen-bond donors (Lipinski definition) is 2. The van der Waals surface area contributed by atoms with E-state index < -0.39 is 5.91 Å². The molecular weight excluding hydrogens is 134 g/mol. The van der Waals surface area contributed by atoms with Crippen molar-refractivity contribution in [3.63, 3.8) is 0 Å². The minimum atomic E-state index is -0.550. The lowest BCUT2D eigenvalue weighted by atomic mass is 10.3. The molecule has 5 heteroatoms. The number of carbonyl (C=O) groups is 1. The number of nitrogens with two attached hydrogens (primary N) is 1. The van der Waals surface area contributed by atoms with Crippen molar-refractivity contribution in [1.82, 2.24) is 10.2 Å². The molecule has 1 aromatic heterocycles. The molecule has 1 amide bonds. The first-order valence-electron chi connectivity index (χ1n) is 2.63. The predicted octanol–water partition coefficient (Wildman–Crippen LogP) is -0.483. The molecule has 1 heterocycles. The Labute approximate surface area is 57.2 Å². The fourth-order valence-corrected chi connectivity index (χ4v) is 0.605. The second kappa shape index (κ2) is 2.38. The Balaban J connectivity index is 3.01. The number of aromatic nitrogens is 2. The van der Waals surface area contributed by atoms with E-state index in [1.807, 2.05) is 0 Å². The van der Waals surface area contributed by atoms with Crippen LogP contribution < -0.4 is 10.5 Å². The molecule has 0 aliphatic heterocycles. The number of ether oxygens (including phenoxy) is 1. The van der Waals surface area contributed by atoms with Crippen molar-refractivity contribution in [2.24, 2.45) is 5.73 Å². The zero-order valence-electron chi connectivity index (χ0n) is 5.42. The van der Waals surface area contributed by atoms with Gasteiger partial charge in [0.2, 0.25) is 5.88 Å². The molecule has 5 nitrogen and oxygen atoms in total. The Morgan fingerprint density at radius 2 is 2.60 bits per heavy atom. The van der Waals surface area contributed by atoms with Crippen molar-refractivity contribution in [2.75, 3.05) is 7.11 Å². The summed E-state index contributed by atoms with van der Waals surface area (Å²) in [5.41, 5.74) is 5.22. The minimum Gasteiger partial charge on any atom is -0.481 e. The van der Waals surface area contributed by atoms with Crippen LogP contribution in [0.25, 0.3) is 0 Å². The van der Waals surface area contributed by atoms with Crippen LogP contribution in [0.3, 0.4) is 0 Å². The van der Waals surface area contributed by atoms with Gasteiger partial charge in [-0.2, -0.15) is 5.10 Å². The first kappa shape index (κ1) is 6.60. The summed E-state index contributed by atoms with van der Waals surface area (Å²) < 4.78 is 4.73. The van der Waals surface area contributed by atoms with Gasteiger partial charge >= 0.3 is 0 Å². The Kier molecular flexibility index (Phi) is 1.57. The lowest BCUT2D eigenvalue weighted by Crippen LogP contribution is -2.10. The molecular formula is C5H7N3O2. The van der Waals surface area contributed by atoms with Gasteiger partial charge in [0, 0.05) is 0 Å². The highest BCUT2D eigenvalue weighted by molar-refractivity contribution is 5.94. The maximum Gasteiger partial charge on any atom is 0.255 e. The van der Waals surface area contributed by atoms with E-state index in [-0.39, 0.29) is 5.56 Å². The Bertz CT molecular complexity index is 243.